The van der Waals surface area contributed by atoms with Crippen LogP contribution < -0.4 is 0 Å². The molecular formula is C8H16O2Si. The molecule has 0 unspecified atom stereocenters. The normalized spacial score (nSPS) is 12.1. The molecule has 0 saturated carbocycles. The molecular weight excluding hydrogens is 156 g/mol. The van der Waals surface area contributed by atoms with Crippen molar-refractivity contribution in [1.82, 2.24) is 0 Å². The molecule has 0 aliphatic carbocycles. The summed E-state index contributed by atoms with van der Waals surface area (Å²) in [5.74, 6) is 0. The predicted octanol–water partition coefficient (Wildman–Crippen LogP) is 1.58. The highest BCUT2D eigenvalue weighted by Crippen LogP contribution is 1.88. The van der Waals surface area contributed by atoms with Crippen molar-refractivity contribution < 1.29 is 9.16 Å². The first-order chi connectivity index (χ1) is 5.31. The van der Waals surface area contributed by atoms with Gasteiger partial charge >= 0.3 is 0 Å². The molecule has 0 aromatic heterocycles. The number of hydrogen-bond donors (Lipinski definition) is 0. The quantitative estimate of drug-likeness (QED) is 0.447. The van der Waals surface area contributed by atoms with Crippen LogP contribution in [0, 0.1) is 0 Å². The molecule has 0 heterocycles. The van der Waals surface area contributed by atoms with Crippen LogP contribution in [0.2, 0.25) is 0 Å². The molecule has 0 aromatic carbocycles. The number of hydrogen-bond acceptors (Lipinski definition) is 2. The molecule has 0 atom stereocenters. The lowest BCUT2D eigenvalue weighted by Gasteiger charge is -2.01. The molecule has 0 aromatic rings. The first-order valence-corrected chi connectivity index (χ1v) is 4.80. The van der Waals surface area contributed by atoms with Gasteiger partial charge in [0.2, 0.25) is 0 Å². The van der Waals surface area contributed by atoms with Crippen LogP contribution in [-0.4, -0.2) is 29.6 Å². The van der Waals surface area contributed by atoms with Crippen molar-refractivity contribution in [2.24, 2.45) is 0 Å². The van der Waals surface area contributed by atoms with E-state index in [0.29, 0.717) is 23.0 Å². The van der Waals surface area contributed by atoms with E-state index in [2.05, 4.69) is 13.0 Å². The van der Waals surface area contributed by atoms with Gasteiger partial charge in [-0.2, -0.15) is 0 Å². The first-order valence-electron chi connectivity index (χ1n) is 3.89. The molecule has 2 radical (unpaired) electrons. The summed E-state index contributed by atoms with van der Waals surface area (Å²) in [6, 6.07) is 0. The molecule has 3 heteroatoms. The summed E-state index contributed by atoms with van der Waals surface area (Å²) >= 11 is 0. The van der Waals surface area contributed by atoms with Gasteiger partial charge in [0.25, 0.3) is 9.76 Å². The Morgan fingerprint density at radius 3 is 2.73 bits per heavy atom. The molecule has 0 bridgehead atoms. The van der Waals surface area contributed by atoms with E-state index < -0.39 is 0 Å². The zero-order valence-electron chi connectivity index (χ0n) is 7.52. The van der Waals surface area contributed by atoms with Gasteiger partial charge in [-0.3, -0.25) is 0 Å². The van der Waals surface area contributed by atoms with Gasteiger partial charge in [0, 0.05) is 6.61 Å². The molecule has 0 spiro atoms. The fourth-order valence-electron chi connectivity index (χ4n) is 0.469. The van der Waals surface area contributed by atoms with Crippen LogP contribution in [0.4, 0.5) is 0 Å². The van der Waals surface area contributed by atoms with Gasteiger partial charge in [0.1, 0.15) is 0 Å². The SMILES string of the molecule is C/C=C(\C)[Si]OCCOCC. The predicted molar refractivity (Wildman–Crippen MR) is 47.6 cm³/mol. The summed E-state index contributed by atoms with van der Waals surface area (Å²) in [5, 5.41) is 1.29. The van der Waals surface area contributed by atoms with E-state index in [1.807, 2.05) is 13.8 Å². The Bertz CT molecular complexity index is 113. The fourth-order valence-corrected chi connectivity index (χ4v) is 1.000. The van der Waals surface area contributed by atoms with E-state index in [1.165, 1.54) is 5.20 Å². The van der Waals surface area contributed by atoms with Gasteiger partial charge in [-0.25, -0.2) is 0 Å². The lowest BCUT2D eigenvalue weighted by molar-refractivity contribution is 0.112. The van der Waals surface area contributed by atoms with Crippen molar-refractivity contribution in [3.63, 3.8) is 0 Å². The summed E-state index contributed by atoms with van der Waals surface area (Å²) in [6.07, 6.45) is 2.07. The summed E-state index contributed by atoms with van der Waals surface area (Å²) in [4.78, 5) is 0. The molecule has 11 heavy (non-hydrogen) atoms. The lowest BCUT2D eigenvalue weighted by Crippen LogP contribution is -2.07. The van der Waals surface area contributed by atoms with Gasteiger partial charge in [0.15, 0.2) is 0 Å². The zero-order chi connectivity index (χ0) is 8.53. The van der Waals surface area contributed by atoms with Crippen LogP contribution in [0.25, 0.3) is 0 Å². The Morgan fingerprint density at radius 1 is 1.45 bits per heavy atom. The van der Waals surface area contributed by atoms with Gasteiger partial charge < -0.3 is 9.16 Å². The zero-order valence-corrected chi connectivity index (χ0v) is 8.52. The van der Waals surface area contributed by atoms with E-state index >= 15 is 0 Å². The van der Waals surface area contributed by atoms with Gasteiger partial charge in [0.05, 0.1) is 13.2 Å². The molecule has 64 valence electrons. The number of rotatable bonds is 6. The second-order valence-electron chi connectivity index (χ2n) is 2.12. The second kappa shape index (κ2) is 7.98. The van der Waals surface area contributed by atoms with Crippen LogP contribution in [0.15, 0.2) is 11.3 Å². The van der Waals surface area contributed by atoms with Crippen LogP contribution >= 0.6 is 0 Å². The standard InChI is InChI=1S/C8H16O2Si/c1-4-8(3)11-10-7-6-9-5-2/h4H,5-7H2,1-3H3/b8-4+. The molecule has 2 nitrogen and oxygen atoms in total. The second-order valence-corrected chi connectivity index (χ2v) is 3.40. The summed E-state index contributed by atoms with van der Waals surface area (Å²) in [6.45, 7) is 8.26. The maximum absolute atomic E-state index is 5.32. The Hall–Kier alpha value is -0.123. The van der Waals surface area contributed by atoms with E-state index in [-0.39, 0.29) is 0 Å². The van der Waals surface area contributed by atoms with E-state index in [1.54, 1.807) is 0 Å². The first kappa shape index (κ1) is 10.9. The third-order valence-corrected chi connectivity index (χ3v) is 2.16. The molecule has 0 aliphatic heterocycles. The monoisotopic (exact) mass is 172 g/mol. The molecule has 0 aliphatic rings. The van der Waals surface area contributed by atoms with Crippen LogP contribution in [0.1, 0.15) is 20.8 Å². The van der Waals surface area contributed by atoms with Gasteiger partial charge in [-0.05, 0) is 20.8 Å². The summed E-state index contributed by atoms with van der Waals surface area (Å²) in [5.41, 5.74) is 0. The minimum absolute atomic E-state index is 0.498. The summed E-state index contributed by atoms with van der Waals surface area (Å²) < 4.78 is 10.4. The van der Waals surface area contributed by atoms with Crippen molar-refractivity contribution in [3.8, 4) is 0 Å². The third kappa shape index (κ3) is 7.78. The minimum Gasteiger partial charge on any atom is -0.409 e. The third-order valence-electron chi connectivity index (χ3n) is 1.20. The maximum atomic E-state index is 5.32. The highest BCUT2D eigenvalue weighted by Gasteiger charge is 1.91. The van der Waals surface area contributed by atoms with Crippen LogP contribution in [0.3, 0.4) is 0 Å². The minimum atomic E-state index is 0.498. The Balaban J connectivity index is 3.02. The fraction of sp³-hybridized carbons (Fsp3) is 0.750. The van der Waals surface area contributed by atoms with E-state index in [9.17, 15) is 0 Å². The van der Waals surface area contributed by atoms with Crippen molar-refractivity contribution in [2.75, 3.05) is 19.8 Å². The summed E-state index contributed by atoms with van der Waals surface area (Å²) in [7, 11) is 0.498. The molecule has 0 rings (SSSR count). The lowest BCUT2D eigenvalue weighted by atomic mass is 10.6. The highest BCUT2D eigenvalue weighted by molar-refractivity contribution is 6.37. The van der Waals surface area contributed by atoms with Crippen LogP contribution in [0.5, 0.6) is 0 Å². The van der Waals surface area contributed by atoms with Crippen molar-refractivity contribution in [3.05, 3.63) is 11.3 Å². The molecule has 0 saturated heterocycles. The Morgan fingerprint density at radius 2 is 2.18 bits per heavy atom. The number of allylic oxidation sites excluding steroid dienone is 2. The van der Waals surface area contributed by atoms with E-state index in [0.717, 1.165) is 6.61 Å². The van der Waals surface area contributed by atoms with E-state index in [4.69, 9.17) is 9.16 Å². The smallest absolute Gasteiger partial charge is 0.263 e. The highest BCUT2D eigenvalue weighted by atomic mass is 28.2. The average Bonchev–Trinajstić information content (AvgIpc) is 2.04. The average molecular weight is 172 g/mol. The topological polar surface area (TPSA) is 18.5 Å². The van der Waals surface area contributed by atoms with Crippen molar-refractivity contribution in [1.29, 1.82) is 0 Å². The maximum Gasteiger partial charge on any atom is 0.263 e. The Labute approximate surface area is 71.5 Å². The molecule has 0 N–H and O–H groups in total. The Kier molecular flexibility index (Phi) is 7.89. The van der Waals surface area contributed by atoms with Crippen molar-refractivity contribution in [2.45, 2.75) is 20.8 Å². The van der Waals surface area contributed by atoms with Crippen molar-refractivity contribution >= 4 is 9.76 Å². The van der Waals surface area contributed by atoms with Gasteiger partial charge in [-0.15, -0.1) is 0 Å². The number of ether oxygens (including phenoxy) is 1. The molecule has 0 amide bonds. The van der Waals surface area contributed by atoms with Crippen LogP contribution in [-0.2, 0) is 9.16 Å². The van der Waals surface area contributed by atoms with Gasteiger partial charge in [-0.1, -0.05) is 11.3 Å². The molecule has 0 fully saturated rings. The largest absolute Gasteiger partial charge is 0.409 e.